The maximum absolute atomic E-state index is 12.2. The number of hydrogen-bond donors (Lipinski definition) is 1. The minimum atomic E-state index is 0.131. The molecular weight excluding hydrogens is 256 g/mol. The first-order chi connectivity index (χ1) is 9.72. The number of carbonyl (C=O) groups is 1. The van der Waals surface area contributed by atoms with Crippen LogP contribution in [-0.2, 0) is 11.3 Å². The Morgan fingerprint density at radius 3 is 2.75 bits per heavy atom. The van der Waals surface area contributed by atoms with E-state index in [-0.39, 0.29) is 12.5 Å². The van der Waals surface area contributed by atoms with Crippen LogP contribution in [0.5, 0.6) is 0 Å². The average Bonchev–Trinajstić information content (AvgIpc) is 3.10. The molecule has 3 heterocycles. The second-order valence-corrected chi connectivity index (χ2v) is 5.75. The Labute approximate surface area is 118 Å². The predicted octanol–water partition coefficient (Wildman–Crippen LogP) is -0.698. The van der Waals surface area contributed by atoms with Crippen molar-refractivity contribution in [1.82, 2.24) is 24.6 Å². The molecule has 1 aromatic heterocycles. The van der Waals surface area contributed by atoms with Crippen molar-refractivity contribution in [3.63, 3.8) is 0 Å². The van der Waals surface area contributed by atoms with Gasteiger partial charge in [-0.25, -0.2) is 9.67 Å². The highest BCUT2D eigenvalue weighted by Gasteiger charge is 2.31. The van der Waals surface area contributed by atoms with E-state index in [1.165, 1.54) is 6.33 Å². The van der Waals surface area contributed by atoms with Crippen molar-refractivity contribution in [2.24, 2.45) is 5.73 Å². The lowest BCUT2D eigenvalue weighted by molar-refractivity contribution is -0.131. The van der Waals surface area contributed by atoms with Crippen LogP contribution in [0.15, 0.2) is 12.7 Å². The van der Waals surface area contributed by atoms with Crippen molar-refractivity contribution in [1.29, 1.82) is 0 Å². The van der Waals surface area contributed by atoms with Crippen molar-refractivity contribution in [3.8, 4) is 0 Å². The summed E-state index contributed by atoms with van der Waals surface area (Å²) in [4.78, 5) is 20.5. The smallest absolute Gasteiger partial charge is 0.244 e. The largest absolute Gasteiger partial charge is 0.339 e. The number of amides is 1. The van der Waals surface area contributed by atoms with Crippen LogP contribution in [0.3, 0.4) is 0 Å². The quantitative estimate of drug-likeness (QED) is 0.791. The molecule has 1 aromatic rings. The van der Waals surface area contributed by atoms with E-state index in [0.29, 0.717) is 12.1 Å². The Bertz CT molecular complexity index is 440. The number of piperidine rings is 1. The van der Waals surface area contributed by atoms with Gasteiger partial charge in [0, 0.05) is 25.2 Å². The number of rotatable bonds is 3. The molecule has 7 heteroatoms. The molecule has 20 heavy (non-hydrogen) atoms. The van der Waals surface area contributed by atoms with E-state index in [1.807, 2.05) is 4.90 Å². The van der Waals surface area contributed by atoms with Gasteiger partial charge in [-0.3, -0.25) is 9.69 Å². The average molecular weight is 278 g/mol. The fourth-order valence-corrected chi connectivity index (χ4v) is 3.10. The van der Waals surface area contributed by atoms with E-state index in [9.17, 15) is 4.79 Å². The van der Waals surface area contributed by atoms with Crippen LogP contribution in [0.2, 0.25) is 0 Å². The first-order valence-electron chi connectivity index (χ1n) is 7.32. The summed E-state index contributed by atoms with van der Waals surface area (Å²) < 4.78 is 1.58. The lowest BCUT2D eigenvalue weighted by Crippen LogP contribution is -2.46. The fourth-order valence-electron chi connectivity index (χ4n) is 3.10. The lowest BCUT2D eigenvalue weighted by Gasteiger charge is -2.34. The Balaban J connectivity index is 1.50. The van der Waals surface area contributed by atoms with Crippen LogP contribution < -0.4 is 5.73 Å². The van der Waals surface area contributed by atoms with Gasteiger partial charge < -0.3 is 10.6 Å². The van der Waals surface area contributed by atoms with Crippen LogP contribution in [0, 0.1) is 0 Å². The Morgan fingerprint density at radius 1 is 1.25 bits per heavy atom. The van der Waals surface area contributed by atoms with Gasteiger partial charge in [0.15, 0.2) is 0 Å². The third-order valence-electron chi connectivity index (χ3n) is 4.37. The van der Waals surface area contributed by atoms with E-state index in [1.54, 1.807) is 11.0 Å². The maximum atomic E-state index is 12.2. The van der Waals surface area contributed by atoms with Gasteiger partial charge >= 0.3 is 0 Å². The monoisotopic (exact) mass is 278 g/mol. The van der Waals surface area contributed by atoms with Crippen LogP contribution in [0.25, 0.3) is 0 Å². The first kappa shape index (κ1) is 13.5. The Hall–Kier alpha value is -1.47. The van der Waals surface area contributed by atoms with Crippen molar-refractivity contribution in [3.05, 3.63) is 12.7 Å². The van der Waals surface area contributed by atoms with Crippen molar-refractivity contribution >= 4 is 5.91 Å². The molecule has 1 unspecified atom stereocenters. The normalized spacial score (nSPS) is 25.2. The van der Waals surface area contributed by atoms with E-state index in [0.717, 1.165) is 45.4 Å². The number of aromatic nitrogens is 3. The molecule has 3 rings (SSSR count). The molecule has 2 N–H and O–H groups in total. The van der Waals surface area contributed by atoms with Gasteiger partial charge in [0.25, 0.3) is 0 Å². The minimum absolute atomic E-state index is 0.131. The Kier molecular flexibility index (Phi) is 3.98. The summed E-state index contributed by atoms with van der Waals surface area (Å²) in [5.74, 6) is 0.131. The topological polar surface area (TPSA) is 80.3 Å². The summed E-state index contributed by atoms with van der Waals surface area (Å²) >= 11 is 0. The fraction of sp³-hybridized carbons (Fsp3) is 0.769. The van der Waals surface area contributed by atoms with E-state index in [4.69, 9.17) is 5.73 Å². The lowest BCUT2D eigenvalue weighted by atomic mass is 10.0. The van der Waals surface area contributed by atoms with E-state index >= 15 is 0 Å². The van der Waals surface area contributed by atoms with Gasteiger partial charge in [0.05, 0.1) is 0 Å². The predicted molar refractivity (Wildman–Crippen MR) is 73.8 cm³/mol. The van der Waals surface area contributed by atoms with Crippen molar-refractivity contribution in [2.75, 3.05) is 26.2 Å². The van der Waals surface area contributed by atoms with Gasteiger partial charge in [-0.05, 0) is 32.4 Å². The summed E-state index contributed by atoms with van der Waals surface area (Å²) in [7, 11) is 0. The summed E-state index contributed by atoms with van der Waals surface area (Å²) in [6, 6.07) is 0.861. The zero-order chi connectivity index (χ0) is 13.9. The molecule has 2 aliphatic rings. The summed E-state index contributed by atoms with van der Waals surface area (Å²) in [5, 5.41) is 3.98. The first-order valence-corrected chi connectivity index (χ1v) is 7.32. The number of hydrogen-bond acceptors (Lipinski definition) is 5. The molecule has 0 radical (unpaired) electrons. The number of likely N-dealkylation sites (tertiary alicyclic amines) is 2. The zero-order valence-electron chi connectivity index (χ0n) is 11.7. The van der Waals surface area contributed by atoms with Gasteiger partial charge in [-0.2, -0.15) is 5.10 Å². The minimum Gasteiger partial charge on any atom is -0.339 e. The second kappa shape index (κ2) is 5.88. The van der Waals surface area contributed by atoms with E-state index < -0.39 is 0 Å². The van der Waals surface area contributed by atoms with Crippen molar-refractivity contribution in [2.45, 2.75) is 37.9 Å². The second-order valence-electron chi connectivity index (χ2n) is 5.75. The molecule has 2 saturated heterocycles. The van der Waals surface area contributed by atoms with Gasteiger partial charge in [-0.1, -0.05) is 0 Å². The maximum Gasteiger partial charge on any atom is 0.244 e. The van der Waals surface area contributed by atoms with Gasteiger partial charge in [-0.15, -0.1) is 0 Å². The molecule has 0 saturated carbocycles. The number of nitrogens with two attached hydrogens (primary N) is 1. The molecule has 7 nitrogen and oxygen atoms in total. The number of nitrogens with zero attached hydrogens (tertiary/aromatic N) is 5. The molecule has 0 bridgehead atoms. The molecule has 0 aliphatic carbocycles. The number of carbonyl (C=O) groups excluding carboxylic acids is 1. The van der Waals surface area contributed by atoms with Gasteiger partial charge in [0.2, 0.25) is 5.91 Å². The highest BCUT2D eigenvalue weighted by molar-refractivity contribution is 5.76. The summed E-state index contributed by atoms with van der Waals surface area (Å²) in [6.07, 6.45) is 6.25. The highest BCUT2D eigenvalue weighted by Crippen LogP contribution is 2.20. The van der Waals surface area contributed by atoms with Crippen LogP contribution in [0.1, 0.15) is 19.3 Å². The molecule has 1 amide bonds. The van der Waals surface area contributed by atoms with Gasteiger partial charge in [0.1, 0.15) is 19.2 Å². The van der Waals surface area contributed by atoms with Crippen LogP contribution in [0.4, 0.5) is 0 Å². The summed E-state index contributed by atoms with van der Waals surface area (Å²) in [5.41, 5.74) is 5.94. The SMILES string of the molecule is NC1CCN(C2CCN(C(=O)Cn3cncn3)C2)CC1. The molecule has 0 spiro atoms. The van der Waals surface area contributed by atoms with Crippen LogP contribution >= 0.6 is 0 Å². The zero-order valence-corrected chi connectivity index (χ0v) is 11.7. The Morgan fingerprint density at radius 2 is 2.05 bits per heavy atom. The van der Waals surface area contributed by atoms with E-state index in [2.05, 4.69) is 15.0 Å². The third kappa shape index (κ3) is 2.99. The molecule has 110 valence electrons. The van der Waals surface area contributed by atoms with Crippen molar-refractivity contribution < 1.29 is 4.79 Å². The molecule has 1 atom stereocenters. The standard InChI is InChI=1S/C13H22N6O/c14-11-1-4-17(5-2-11)12-3-6-18(7-12)13(20)8-19-10-15-9-16-19/h9-12H,1-8,14H2. The third-order valence-corrected chi connectivity index (χ3v) is 4.37. The van der Waals surface area contributed by atoms with Crippen LogP contribution in [-0.4, -0.2) is 68.7 Å². The molecule has 2 fully saturated rings. The highest BCUT2D eigenvalue weighted by atomic mass is 16.2. The summed E-state index contributed by atoms with van der Waals surface area (Å²) in [6.45, 7) is 4.11. The molecule has 2 aliphatic heterocycles. The molecular formula is C13H22N6O. The molecule has 0 aromatic carbocycles.